The molecular formula is C16H28N2O2. The number of amides is 2. The number of piperazine rings is 1. The maximum atomic E-state index is 12.6. The van der Waals surface area contributed by atoms with Gasteiger partial charge in [-0.3, -0.25) is 9.59 Å². The zero-order chi connectivity index (χ0) is 14.7. The highest BCUT2D eigenvalue weighted by Gasteiger charge is 2.40. The highest BCUT2D eigenvalue weighted by Crippen LogP contribution is 2.28. The minimum atomic E-state index is -0.339. The second-order valence-corrected chi connectivity index (χ2v) is 6.63. The van der Waals surface area contributed by atoms with E-state index in [-0.39, 0.29) is 29.8 Å². The highest BCUT2D eigenvalue weighted by atomic mass is 16.2. The van der Waals surface area contributed by atoms with Crippen molar-refractivity contribution >= 4 is 11.8 Å². The van der Waals surface area contributed by atoms with E-state index in [1.54, 1.807) is 0 Å². The van der Waals surface area contributed by atoms with Crippen LogP contribution < -0.4 is 5.32 Å². The van der Waals surface area contributed by atoms with Crippen molar-refractivity contribution in [3.63, 3.8) is 0 Å². The van der Waals surface area contributed by atoms with E-state index >= 15 is 0 Å². The average molecular weight is 280 g/mol. The van der Waals surface area contributed by atoms with Crippen LogP contribution in [0.25, 0.3) is 0 Å². The predicted octanol–water partition coefficient (Wildman–Crippen LogP) is 2.33. The number of rotatable bonds is 5. The molecule has 2 atom stereocenters. The van der Waals surface area contributed by atoms with E-state index in [2.05, 4.69) is 5.32 Å². The summed E-state index contributed by atoms with van der Waals surface area (Å²) >= 11 is 0. The summed E-state index contributed by atoms with van der Waals surface area (Å²) in [6, 6.07) is -0.604. The van der Waals surface area contributed by atoms with Crippen LogP contribution >= 0.6 is 0 Å². The van der Waals surface area contributed by atoms with E-state index < -0.39 is 0 Å². The van der Waals surface area contributed by atoms with Gasteiger partial charge in [-0.15, -0.1) is 0 Å². The summed E-state index contributed by atoms with van der Waals surface area (Å²) in [5.74, 6) is 1.04. The summed E-state index contributed by atoms with van der Waals surface area (Å²) in [5, 5.41) is 2.89. The minimum absolute atomic E-state index is 0.0252. The Morgan fingerprint density at radius 2 is 1.90 bits per heavy atom. The number of carbonyl (C=O) groups is 2. The molecule has 4 heteroatoms. The Morgan fingerprint density at radius 1 is 1.25 bits per heavy atom. The lowest BCUT2D eigenvalue weighted by Crippen LogP contribution is -2.64. The van der Waals surface area contributed by atoms with Crippen molar-refractivity contribution in [3.05, 3.63) is 0 Å². The van der Waals surface area contributed by atoms with E-state index in [1.807, 2.05) is 25.7 Å². The van der Waals surface area contributed by atoms with Crippen molar-refractivity contribution in [1.29, 1.82) is 0 Å². The van der Waals surface area contributed by atoms with E-state index in [4.69, 9.17) is 0 Å². The first-order valence-corrected chi connectivity index (χ1v) is 8.15. The number of nitrogens with zero attached hydrogens (tertiary/aromatic N) is 1. The number of carbonyl (C=O) groups excluding carboxylic acids is 2. The molecule has 0 spiro atoms. The molecule has 1 aliphatic heterocycles. The van der Waals surface area contributed by atoms with E-state index in [0.717, 1.165) is 18.9 Å². The Bertz CT molecular complexity index is 361. The second-order valence-electron chi connectivity index (χ2n) is 6.63. The molecule has 1 saturated carbocycles. The lowest BCUT2D eigenvalue weighted by molar-refractivity contribution is -0.151. The van der Waals surface area contributed by atoms with Crippen molar-refractivity contribution in [2.24, 2.45) is 11.8 Å². The molecule has 2 unspecified atom stereocenters. The lowest BCUT2D eigenvalue weighted by atomic mass is 9.95. The van der Waals surface area contributed by atoms with Crippen LogP contribution in [0.1, 0.15) is 59.3 Å². The highest BCUT2D eigenvalue weighted by molar-refractivity contribution is 5.97. The Labute approximate surface area is 122 Å². The van der Waals surface area contributed by atoms with Gasteiger partial charge in [0.25, 0.3) is 0 Å². The fourth-order valence-corrected chi connectivity index (χ4v) is 3.53. The van der Waals surface area contributed by atoms with Gasteiger partial charge in [0.1, 0.15) is 12.1 Å². The third-order valence-corrected chi connectivity index (χ3v) is 4.83. The van der Waals surface area contributed by atoms with E-state index in [0.29, 0.717) is 6.42 Å². The molecule has 2 amide bonds. The van der Waals surface area contributed by atoms with E-state index in [9.17, 15) is 9.59 Å². The van der Waals surface area contributed by atoms with Gasteiger partial charge in [0, 0.05) is 6.54 Å². The van der Waals surface area contributed by atoms with Crippen LogP contribution in [0.3, 0.4) is 0 Å². The van der Waals surface area contributed by atoms with Gasteiger partial charge < -0.3 is 10.2 Å². The van der Waals surface area contributed by atoms with Crippen LogP contribution in [0.15, 0.2) is 0 Å². The predicted molar refractivity (Wildman–Crippen MR) is 79.1 cm³/mol. The van der Waals surface area contributed by atoms with Crippen molar-refractivity contribution in [3.8, 4) is 0 Å². The van der Waals surface area contributed by atoms with Crippen molar-refractivity contribution in [2.45, 2.75) is 71.4 Å². The molecule has 20 heavy (non-hydrogen) atoms. The summed E-state index contributed by atoms with van der Waals surface area (Å²) < 4.78 is 0. The standard InChI is InChI=1S/C16H28N2O2/c1-4-13-15(19)17-14(11(2)3)16(20)18(13)10-9-12-7-5-6-8-12/h11-14H,4-10H2,1-3H3,(H,17,19). The van der Waals surface area contributed by atoms with Crippen molar-refractivity contribution < 1.29 is 9.59 Å². The average Bonchev–Trinajstić information content (AvgIpc) is 2.91. The van der Waals surface area contributed by atoms with Crippen LogP contribution in [0, 0.1) is 11.8 Å². The maximum Gasteiger partial charge on any atom is 0.246 e. The fourth-order valence-electron chi connectivity index (χ4n) is 3.53. The maximum absolute atomic E-state index is 12.6. The normalized spacial score (nSPS) is 28.3. The minimum Gasteiger partial charge on any atom is -0.342 e. The zero-order valence-corrected chi connectivity index (χ0v) is 13.0. The molecule has 114 valence electrons. The van der Waals surface area contributed by atoms with Crippen LogP contribution in [0.2, 0.25) is 0 Å². The first-order valence-electron chi connectivity index (χ1n) is 8.15. The molecule has 1 saturated heterocycles. The molecular weight excluding hydrogens is 252 g/mol. The summed E-state index contributed by atoms with van der Waals surface area (Å²) in [5.41, 5.74) is 0. The SMILES string of the molecule is CCC1C(=O)NC(C(C)C)C(=O)N1CCC1CCCC1. The smallest absolute Gasteiger partial charge is 0.246 e. The topological polar surface area (TPSA) is 49.4 Å². The van der Waals surface area contributed by atoms with Gasteiger partial charge in [-0.2, -0.15) is 0 Å². The quantitative estimate of drug-likeness (QED) is 0.840. The van der Waals surface area contributed by atoms with Crippen LogP contribution in [-0.2, 0) is 9.59 Å². The number of hydrogen-bond donors (Lipinski definition) is 1. The molecule has 2 rings (SSSR count). The molecule has 0 bridgehead atoms. The number of nitrogens with one attached hydrogen (secondary N) is 1. The molecule has 4 nitrogen and oxygen atoms in total. The Hall–Kier alpha value is -1.06. The fraction of sp³-hybridized carbons (Fsp3) is 0.875. The molecule has 0 radical (unpaired) electrons. The lowest BCUT2D eigenvalue weighted by Gasteiger charge is -2.40. The molecule has 1 N–H and O–H groups in total. The van der Waals surface area contributed by atoms with Crippen LogP contribution in [0.4, 0.5) is 0 Å². The summed E-state index contributed by atoms with van der Waals surface area (Å²) in [6.07, 6.45) is 6.99. The first-order chi connectivity index (χ1) is 9.54. The van der Waals surface area contributed by atoms with Gasteiger partial charge in [0.15, 0.2) is 0 Å². The summed E-state index contributed by atoms with van der Waals surface area (Å²) in [6.45, 7) is 6.71. The zero-order valence-electron chi connectivity index (χ0n) is 13.0. The Kier molecular flexibility index (Phi) is 5.06. The van der Waals surface area contributed by atoms with Crippen molar-refractivity contribution in [2.75, 3.05) is 6.54 Å². The van der Waals surface area contributed by atoms with Crippen LogP contribution in [0.5, 0.6) is 0 Å². The monoisotopic (exact) mass is 280 g/mol. The van der Waals surface area contributed by atoms with Gasteiger partial charge in [0.05, 0.1) is 0 Å². The molecule has 2 fully saturated rings. The third-order valence-electron chi connectivity index (χ3n) is 4.83. The third kappa shape index (κ3) is 3.15. The summed E-state index contributed by atoms with van der Waals surface area (Å²) in [7, 11) is 0. The Balaban J connectivity index is 2.03. The van der Waals surface area contributed by atoms with Gasteiger partial charge in [-0.05, 0) is 24.7 Å². The molecule has 2 aliphatic rings. The van der Waals surface area contributed by atoms with Gasteiger partial charge in [-0.25, -0.2) is 0 Å². The molecule has 1 heterocycles. The van der Waals surface area contributed by atoms with Crippen molar-refractivity contribution in [1.82, 2.24) is 10.2 Å². The molecule has 1 aliphatic carbocycles. The second kappa shape index (κ2) is 6.59. The molecule has 0 aromatic carbocycles. The molecule has 0 aromatic heterocycles. The van der Waals surface area contributed by atoms with E-state index in [1.165, 1.54) is 25.7 Å². The summed E-state index contributed by atoms with van der Waals surface area (Å²) in [4.78, 5) is 26.6. The van der Waals surface area contributed by atoms with Gasteiger partial charge >= 0.3 is 0 Å². The van der Waals surface area contributed by atoms with Gasteiger partial charge in [-0.1, -0.05) is 46.5 Å². The van der Waals surface area contributed by atoms with Gasteiger partial charge in [0.2, 0.25) is 11.8 Å². The largest absolute Gasteiger partial charge is 0.342 e. The Morgan fingerprint density at radius 3 is 2.45 bits per heavy atom. The first kappa shape index (κ1) is 15.3. The van der Waals surface area contributed by atoms with Crippen LogP contribution in [-0.4, -0.2) is 35.3 Å². The number of hydrogen-bond acceptors (Lipinski definition) is 2. The molecule has 0 aromatic rings.